The Balaban J connectivity index is 1.76. The lowest BCUT2D eigenvalue weighted by Gasteiger charge is -2.38. The quantitative estimate of drug-likeness (QED) is 0.853. The summed E-state index contributed by atoms with van der Waals surface area (Å²) in [6, 6.07) is 9.09. The number of H-pyrrole nitrogens is 1. The molecular formula is C18H21N3O2. The molecule has 2 N–H and O–H groups in total. The molecule has 1 amide bonds. The van der Waals surface area contributed by atoms with E-state index in [2.05, 4.69) is 24.1 Å². The summed E-state index contributed by atoms with van der Waals surface area (Å²) in [6.07, 6.45) is 3.39. The fourth-order valence-electron chi connectivity index (χ4n) is 2.91. The molecule has 2 heterocycles. The Hall–Kier alpha value is -2.40. The number of nitrogens with zero attached hydrogens (tertiary/aromatic N) is 1. The lowest BCUT2D eigenvalue weighted by molar-refractivity contribution is 0.0602. The molecule has 2 unspecified atom stereocenters. The monoisotopic (exact) mass is 311 g/mol. The highest BCUT2D eigenvalue weighted by molar-refractivity contribution is 6.09. The highest BCUT2D eigenvalue weighted by atomic mass is 16.2. The van der Waals surface area contributed by atoms with E-state index in [1.165, 1.54) is 0 Å². The third kappa shape index (κ3) is 3.05. The third-order valence-electron chi connectivity index (χ3n) is 4.55. The van der Waals surface area contributed by atoms with Gasteiger partial charge < -0.3 is 15.2 Å². The fraction of sp³-hybridized carbons (Fsp3) is 0.333. The highest BCUT2D eigenvalue weighted by Crippen LogP contribution is 2.16. The standard InChI is InChI=1S/C18H21N3O2/c1-12-13(2)21(10-9-20-12)18(23)15-5-3-14(4-6-15)17(22)16-7-8-19-11-16/h3-8,11-13,19-20H,9-10H2,1-2H3. The average molecular weight is 311 g/mol. The predicted octanol–water partition coefficient (Wildman–Crippen LogP) is 2.07. The number of carbonyl (C=O) groups excluding carboxylic acids is 2. The van der Waals surface area contributed by atoms with Gasteiger partial charge in [-0.2, -0.15) is 0 Å². The van der Waals surface area contributed by atoms with Crippen LogP contribution in [0, 0.1) is 0 Å². The number of hydrogen-bond acceptors (Lipinski definition) is 3. The minimum Gasteiger partial charge on any atom is -0.367 e. The molecule has 3 rings (SSSR count). The number of piperazine rings is 1. The van der Waals surface area contributed by atoms with Gasteiger partial charge in [-0.15, -0.1) is 0 Å². The second-order valence-electron chi connectivity index (χ2n) is 5.99. The Kier molecular flexibility index (Phi) is 4.30. The first-order chi connectivity index (χ1) is 11.1. The Labute approximate surface area is 135 Å². The molecule has 1 saturated heterocycles. The van der Waals surface area contributed by atoms with E-state index >= 15 is 0 Å². The van der Waals surface area contributed by atoms with Crippen LogP contribution in [0.4, 0.5) is 0 Å². The summed E-state index contributed by atoms with van der Waals surface area (Å²) in [4.78, 5) is 29.7. The molecule has 5 nitrogen and oxygen atoms in total. The van der Waals surface area contributed by atoms with Crippen molar-refractivity contribution in [2.45, 2.75) is 25.9 Å². The normalized spacial score (nSPS) is 21.2. The number of benzene rings is 1. The molecular weight excluding hydrogens is 290 g/mol. The first-order valence-corrected chi connectivity index (χ1v) is 7.90. The SMILES string of the molecule is CC1NCCN(C(=O)c2ccc(C(=O)c3cc[nH]c3)cc2)C1C. The summed E-state index contributed by atoms with van der Waals surface area (Å²) in [5.41, 5.74) is 1.83. The molecule has 120 valence electrons. The number of aromatic amines is 1. The van der Waals surface area contributed by atoms with Crippen LogP contribution in [0.1, 0.15) is 40.1 Å². The summed E-state index contributed by atoms with van der Waals surface area (Å²) in [5.74, 6) is -0.0269. The number of rotatable bonds is 3. The highest BCUT2D eigenvalue weighted by Gasteiger charge is 2.28. The zero-order valence-electron chi connectivity index (χ0n) is 13.4. The van der Waals surface area contributed by atoms with Gasteiger partial charge in [-0.05, 0) is 32.0 Å². The van der Waals surface area contributed by atoms with Crippen molar-refractivity contribution in [2.24, 2.45) is 0 Å². The Morgan fingerprint density at radius 3 is 2.39 bits per heavy atom. The summed E-state index contributed by atoms with van der Waals surface area (Å²) in [5, 5.41) is 3.37. The molecule has 1 fully saturated rings. The Morgan fingerprint density at radius 1 is 1.04 bits per heavy atom. The topological polar surface area (TPSA) is 65.2 Å². The van der Waals surface area contributed by atoms with Crippen LogP contribution in [0.15, 0.2) is 42.7 Å². The van der Waals surface area contributed by atoms with E-state index in [-0.39, 0.29) is 23.8 Å². The minimum absolute atomic E-state index is 0.0199. The first-order valence-electron chi connectivity index (χ1n) is 7.90. The van der Waals surface area contributed by atoms with E-state index in [0.29, 0.717) is 23.2 Å². The Bertz CT molecular complexity index is 692. The van der Waals surface area contributed by atoms with Crippen LogP contribution in [0.5, 0.6) is 0 Å². The van der Waals surface area contributed by atoms with Crippen molar-refractivity contribution < 1.29 is 9.59 Å². The van der Waals surface area contributed by atoms with Gasteiger partial charge >= 0.3 is 0 Å². The van der Waals surface area contributed by atoms with Crippen molar-refractivity contribution in [1.29, 1.82) is 0 Å². The smallest absolute Gasteiger partial charge is 0.254 e. The molecule has 1 aliphatic heterocycles. The van der Waals surface area contributed by atoms with Crippen LogP contribution in [0.2, 0.25) is 0 Å². The number of nitrogens with one attached hydrogen (secondary N) is 2. The summed E-state index contributed by atoms with van der Waals surface area (Å²) in [7, 11) is 0. The predicted molar refractivity (Wildman–Crippen MR) is 88.6 cm³/mol. The van der Waals surface area contributed by atoms with Crippen molar-refractivity contribution in [3.8, 4) is 0 Å². The van der Waals surface area contributed by atoms with E-state index in [1.807, 2.05) is 4.90 Å². The zero-order valence-corrected chi connectivity index (χ0v) is 13.4. The van der Waals surface area contributed by atoms with Crippen molar-refractivity contribution in [2.75, 3.05) is 13.1 Å². The molecule has 0 radical (unpaired) electrons. The van der Waals surface area contributed by atoms with E-state index in [0.717, 1.165) is 6.54 Å². The van der Waals surface area contributed by atoms with E-state index in [9.17, 15) is 9.59 Å². The number of ketones is 1. The zero-order chi connectivity index (χ0) is 16.4. The number of aromatic nitrogens is 1. The molecule has 1 aliphatic rings. The van der Waals surface area contributed by atoms with Crippen LogP contribution >= 0.6 is 0 Å². The first kappa shape index (κ1) is 15.5. The average Bonchev–Trinajstić information content (AvgIpc) is 3.11. The van der Waals surface area contributed by atoms with Gasteiger partial charge in [0.2, 0.25) is 0 Å². The second kappa shape index (κ2) is 6.38. The lowest BCUT2D eigenvalue weighted by atomic mass is 10.0. The fourth-order valence-corrected chi connectivity index (χ4v) is 2.91. The van der Waals surface area contributed by atoms with Gasteiger partial charge in [0.05, 0.1) is 0 Å². The molecule has 2 atom stereocenters. The minimum atomic E-state index is -0.0468. The van der Waals surface area contributed by atoms with Crippen LogP contribution in [-0.4, -0.2) is 46.7 Å². The number of hydrogen-bond donors (Lipinski definition) is 2. The Morgan fingerprint density at radius 2 is 1.74 bits per heavy atom. The van der Waals surface area contributed by atoms with Crippen LogP contribution in [0.3, 0.4) is 0 Å². The van der Waals surface area contributed by atoms with E-state index < -0.39 is 0 Å². The van der Waals surface area contributed by atoms with E-state index in [4.69, 9.17) is 0 Å². The molecule has 5 heteroatoms. The van der Waals surface area contributed by atoms with Crippen LogP contribution in [0.25, 0.3) is 0 Å². The van der Waals surface area contributed by atoms with Gasteiger partial charge in [-0.1, -0.05) is 12.1 Å². The van der Waals surface area contributed by atoms with Crippen molar-refractivity contribution in [3.63, 3.8) is 0 Å². The molecule has 23 heavy (non-hydrogen) atoms. The third-order valence-corrected chi connectivity index (χ3v) is 4.55. The van der Waals surface area contributed by atoms with Crippen LogP contribution < -0.4 is 5.32 Å². The summed E-state index contributed by atoms with van der Waals surface area (Å²) >= 11 is 0. The summed E-state index contributed by atoms with van der Waals surface area (Å²) in [6.45, 7) is 5.65. The summed E-state index contributed by atoms with van der Waals surface area (Å²) < 4.78 is 0. The molecule has 0 spiro atoms. The molecule has 0 saturated carbocycles. The second-order valence-corrected chi connectivity index (χ2v) is 5.99. The van der Waals surface area contributed by atoms with Crippen molar-refractivity contribution in [1.82, 2.24) is 15.2 Å². The molecule has 0 aliphatic carbocycles. The maximum Gasteiger partial charge on any atom is 0.254 e. The largest absolute Gasteiger partial charge is 0.367 e. The van der Waals surface area contributed by atoms with Gasteiger partial charge in [0, 0.05) is 54.3 Å². The van der Waals surface area contributed by atoms with Crippen molar-refractivity contribution >= 4 is 11.7 Å². The van der Waals surface area contributed by atoms with Crippen LogP contribution in [-0.2, 0) is 0 Å². The molecule has 1 aromatic heterocycles. The number of carbonyl (C=O) groups is 2. The van der Waals surface area contributed by atoms with Crippen molar-refractivity contribution in [3.05, 3.63) is 59.4 Å². The van der Waals surface area contributed by atoms with Gasteiger partial charge in [0.25, 0.3) is 5.91 Å². The van der Waals surface area contributed by atoms with Gasteiger partial charge in [-0.3, -0.25) is 9.59 Å². The van der Waals surface area contributed by atoms with E-state index in [1.54, 1.807) is 42.7 Å². The van der Waals surface area contributed by atoms with Gasteiger partial charge in [-0.25, -0.2) is 0 Å². The van der Waals surface area contributed by atoms with Gasteiger partial charge in [0.1, 0.15) is 0 Å². The molecule has 0 bridgehead atoms. The maximum atomic E-state index is 12.7. The maximum absolute atomic E-state index is 12.7. The number of amides is 1. The lowest BCUT2D eigenvalue weighted by Crippen LogP contribution is -2.57. The molecule has 1 aromatic carbocycles. The van der Waals surface area contributed by atoms with Gasteiger partial charge in [0.15, 0.2) is 5.78 Å². The molecule has 2 aromatic rings.